The molecule has 0 unspecified atom stereocenters. The quantitative estimate of drug-likeness (QED) is 0.870. The lowest BCUT2D eigenvalue weighted by molar-refractivity contribution is 0.485. The number of benzene rings is 1. The zero-order chi connectivity index (χ0) is 16.3. The van der Waals surface area contributed by atoms with Gasteiger partial charge < -0.3 is 10.2 Å². The van der Waals surface area contributed by atoms with Crippen LogP contribution in [0, 0.1) is 0 Å². The number of piperazine rings is 1. The van der Waals surface area contributed by atoms with E-state index in [1.807, 2.05) is 12.1 Å². The monoisotopic (exact) mass is 333 g/mol. The second-order valence-electron chi connectivity index (χ2n) is 5.50. The Morgan fingerprint density at radius 1 is 1.26 bits per heavy atom. The zero-order valence-corrected chi connectivity index (χ0v) is 13.6. The molecule has 3 rings (SSSR count). The number of nitrogens with one attached hydrogen (secondary N) is 2. The van der Waals surface area contributed by atoms with Gasteiger partial charge in [-0.2, -0.15) is 0 Å². The van der Waals surface area contributed by atoms with Gasteiger partial charge in [0.2, 0.25) is 0 Å². The van der Waals surface area contributed by atoms with Gasteiger partial charge in [-0.3, -0.25) is 4.72 Å². The van der Waals surface area contributed by atoms with E-state index < -0.39 is 10.0 Å². The number of aromatic nitrogens is 2. The molecule has 0 bridgehead atoms. The Bertz CT molecular complexity index is 749. The van der Waals surface area contributed by atoms with Crippen molar-refractivity contribution in [1.82, 2.24) is 15.3 Å². The number of anilines is 2. The summed E-state index contributed by atoms with van der Waals surface area (Å²) in [5, 5.41) is 3.39. The Morgan fingerprint density at radius 2 is 2.04 bits per heavy atom. The molecule has 1 fully saturated rings. The van der Waals surface area contributed by atoms with E-state index in [1.54, 1.807) is 12.1 Å². The van der Waals surface area contributed by atoms with Gasteiger partial charge in [-0.15, -0.1) is 0 Å². The van der Waals surface area contributed by atoms with E-state index in [0.717, 1.165) is 25.3 Å². The van der Waals surface area contributed by atoms with Gasteiger partial charge in [0.25, 0.3) is 10.0 Å². The normalized spacial score (nSPS) is 18.7. The fourth-order valence-corrected chi connectivity index (χ4v) is 3.56. The molecule has 0 spiro atoms. The first-order valence-corrected chi connectivity index (χ1v) is 8.90. The van der Waals surface area contributed by atoms with E-state index in [9.17, 15) is 8.42 Å². The van der Waals surface area contributed by atoms with E-state index in [4.69, 9.17) is 0 Å². The van der Waals surface area contributed by atoms with Crippen LogP contribution in [0.3, 0.4) is 0 Å². The molecule has 1 atom stereocenters. The Balaban J connectivity index is 1.76. The molecule has 1 aromatic heterocycles. The van der Waals surface area contributed by atoms with E-state index in [-0.39, 0.29) is 10.7 Å². The molecule has 2 aromatic rings. The summed E-state index contributed by atoms with van der Waals surface area (Å²) in [5.41, 5.74) is 1.03. The van der Waals surface area contributed by atoms with E-state index in [0.29, 0.717) is 6.04 Å². The van der Waals surface area contributed by atoms with Gasteiger partial charge in [-0.1, -0.05) is 0 Å². The Morgan fingerprint density at radius 3 is 2.70 bits per heavy atom. The molecule has 8 heteroatoms. The van der Waals surface area contributed by atoms with Crippen LogP contribution in [0.4, 0.5) is 11.5 Å². The highest BCUT2D eigenvalue weighted by molar-refractivity contribution is 7.92. The Hall–Kier alpha value is -2.19. The van der Waals surface area contributed by atoms with Crippen molar-refractivity contribution in [3.63, 3.8) is 0 Å². The molecule has 122 valence electrons. The van der Waals surface area contributed by atoms with Crippen molar-refractivity contribution in [2.24, 2.45) is 0 Å². The highest BCUT2D eigenvalue weighted by Crippen LogP contribution is 2.20. The van der Waals surface area contributed by atoms with Crippen molar-refractivity contribution < 1.29 is 8.42 Å². The lowest BCUT2D eigenvalue weighted by Gasteiger charge is -2.33. The predicted molar refractivity (Wildman–Crippen MR) is 89.0 cm³/mol. The van der Waals surface area contributed by atoms with Gasteiger partial charge in [0.05, 0.1) is 4.90 Å². The van der Waals surface area contributed by atoms with Gasteiger partial charge in [0, 0.05) is 37.6 Å². The number of hydrogen-bond acceptors (Lipinski definition) is 6. The summed E-state index contributed by atoms with van der Waals surface area (Å²) in [6, 6.07) is 8.84. The molecule has 23 heavy (non-hydrogen) atoms. The first kappa shape index (κ1) is 15.7. The minimum atomic E-state index is -3.64. The largest absolute Gasteiger partial charge is 0.369 e. The van der Waals surface area contributed by atoms with Crippen LogP contribution in [0.15, 0.2) is 47.8 Å². The molecule has 1 saturated heterocycles. The number of nitrogens with zero attached hydrogens (tertiary/aromatic N) is 3. The van der Waals surface area contributed by atoms with E-state index in [2.05, 4.69) is 31.8 Å². The minimum absolute atomic E-state index is 0.211. The number of hydrogen-bond donors (Lipinski definition) is 2. The minimum Gasteiger partial charge on any atom is -0.369 e. The zero-order valence-electron chi connectivity index (χ0n) is 12.8. The fraction of sp³-hybridized carbons (Fsp3) is 0.333. The van der Waals surface area contributed by atoms with Gasteiger partial charge in [0.15, 0.2) is 0 Å². The van der Waals surface area contributed by atoms with Crippen molar-refractivity contribution in [3.05, 3.63) is 42.9 Å². The highest BCUT2D eigenvalue weighted by Gasteiger charge is 2.18. The van der Waals surface area contributed by atoms with E-state index in [1.165, 1.54) is 18.6 Å². The summed E-state index contributed by atoms with van der Waals surface area (Å²) in [7, 11) is -3.64. The topological polar surface area (TPSA) is 87.2 Å². The summed E-state index contributed by atoms with van der Waals surface area (Å²) in [6.07, 6.45) is 2.78. The molecular formula is C15H19N5O2S. The molecule has 0 saturated carbocycles. The van der Waals surface area contributed by atoms with E-state index >= 15 is 0 Å². The number of rotatable bonds is 4. The van der Waals surface area contributed by atoms with Crippen LogP contribution in [-0.4, -0.2) is 44.1 Å². The summed E-state index contributed by atoms with van der Waals surface area (Å²) >= 11 is 0. The molecule has 7 nitrogen and oxygen atoms in total. The van der Waals surface area contributed by atoms with Gasteiger partial charge >= 0.3 is 0 Å². The maximum atomic E-state index is 12.3. The molecule has 2 N–H and O–H groups in total. The molecular weight excluding hydrogens is 314 g/mol. The lowest BCUT2D eigenvalue weighted by Crippen LogP contribution is -2.49. The van der Waals surface area contributed by atoms with Crippen LogP contribution in [0.25, 0.3) is 0 Å². The van der Waals surface area contributed by atoms with Crippen LogP contribution in [0.1, 0.15) is 6.92 Å². The third-order valence-corrected chi connectivity index (χ3v) is 5.07. The SMILES string of the molecule is C[C@H]1CN(c2ccc(S(=O)(=O)Nc3ccncn3)cc2)CCN1. The molecule has 1 aliphatic rings. The average molecular weight is 333 g/mol. The molecule has 2 heterocycles. The van der Waals surface area contributed by atoms with Crippen molar-refractivity contribution in [1.29, 1.82) is 0 Å². The maximum Gasteiger partial charge on any atom is 0.263 e. The summed E-state index contributed by atoms with van der Waals surface area (Å²) in [6.45, 7) is 4.88. The standard InChI is InChI=1S/C15H19N5O2S/c1-12-10-20(9-8-17-12)13-2-4-14(5-3-13)23(21,22)19-15-6-7-16-11-18-15/h2-7,11-12,17H,8-10H2,1H3,(H,16,18,19)/t12-/m0/s1. The maximum absolute atomic E-state index is 12.3. The molecule has 1 aliphatic heterocycles. The van der Waals surface area contributed by atoms with Crippen molar-refractivity contribution in [2.45, 2.75) is 17.9 Å². The molecule has 0 amide bonds. The van der Waals surface area contributed by atoms with Crippen LogP contribution in [-0.2, 0) is 10.0 Å². The van der Waals surface area contributed by atoms with Crippen LogP contribution in [0.2, 0.25) is 0 Å². The van der Waals surface area contributed by atoms with Gasteiger partial charge in [-0.05, 0) is 37.3 Å². The second kappa shape index (κ2) is 6.51. The van der Waals surface area contributed by atoms with Crippen LogP contribution < -0.4 is 14.9 Å². The summed E-state index contributed by atoms with van der Waals surface area (Å²) < 4.78 is 27.1. The lowest BCUT2D eigenvalue weighted by atomic mass is 10.2. The molecule has 0 radical (unpaired) electrons. The summed E-state index contributed by atoms with van der Waals surface area (Å²) in [5.74, 6) is 0.250. The van der Waals surface area contributed by atoms with Crippen LogP contribution >= 0.6 is 0 Å². The first-order valence-electron chi connectivity index (χ1n) is 7.42. The fourth-order valence-electron chi connectivity index (χ4n) is 2.55. The molecule has 1 aromatic carbocycles. The Labute approximate surface area is 135 Å². The second-order valence-corrected chi connectivity index (χ2v) is 7.18. The first-order chi connectivity index (χ1) is 11.0. The van der Waals surface area contributed by atoms with Crippen molar-refractivity contribution in [2.75, 3.05) is 29.3 Å². The predicted octanol–water partition coefficient (Wildman–Crippen LogP) is 1.08. The molecule has 0 aliphatic carbocycles. The third-order valence-electron chi connectivity index (χ3n) is 3.70. The average Bonchev–Trinajstić information content (AvgIpc) is 2.55. The van der Waals surface area contributed by atoms with Crippen molar-refractivity contribution in [3.8, 4) is 0 Å². The highest BCUT2D eigenvalue weighted by atomic mass is 32.2. The van der Waals surface area contributed by atoms with Crippen LogP contribution in [0.5, 0.6) is 0 Å². The summed E-state index contributed by atoms with van der Waals surface area (Å²) in [4.78, 5) is 10.1. The third kappa shape index (κ3) is 3.77. The van der Waals surface area contributed by atoms with Gasteiger partial charge in [0.1, 0.15) is 12.1 Å². The van der Waals surface area contributed by atoms with Gasteiger partial charge in [-0.25, -0.2) is 18.4 Å². The smallest absolute Gasteiger partial charge is 0.263 e. The number of sulfonamides is 1. The van der Waals surface area contributed by atoms with Crippen molar-refractivity contribution >= 4 is 21.5 Å². The Kier molecular flexibility index (Phi) is 4.44.